The molecular formula is C36H59FO5S2. The molecular weight excluding hydrogens is 596 g/mol. The van der Waals surface area contributed by atoms with E-state index in [0.29, 0.717) is 29.8 Å². The smallest absolute Gasteiger partial charge is 0.307 e. The molecule has 0 aliphatic heterocycles. The van der Waals surface area contributed by atoms with E-state index in [1.54, 1.807) is 5.57 Å². The van der Waals surface area contributed by atoms with E-state index in [1.807, 2.05) is 13.8 Å². The molecule has 2 N–H and O–H groups in total. The highest BCUT2D eigenvalue weighted by molar-refractivity contribution is 8.76. The van der Waals surface area contributed by atoms with Gasteiger partial charge >= 0.3 is 11.9 Å². The first-order valence-electron chi connectivity index (χ1n) is 17.1. The van der Waals surface area contributed by atoms with Crippen LogP contribution < -0.4 is 0 Å². The molecule has 0 heterocycles. The molecule has 8 heteroatoms. The molecule has 2 saturated carbocycles. The number of carbonyl (C=O) groups excluding carboxylic acids is 1. The van der Waals surface area contributed by atoms with E-state index in [0.717, 1.165) is 44.9 Å². The molecule has 0 amide bonds. The third-order valence-corrected chi connectivity index (χ3v) is 15.4. The standard InChI is InChI=1S/C36H59FO5S2/c1-23(10-9-17-32(2,3)41)24-13-18-36(8)26-11-12-28-33(4,5)31(42-30(40)16-21-44-43-20-15-29(38)39)27(37)22-34(28,6)25(26)14-19-35(24,36)7/h23-24,27-28,31,41H,9-22H2,1-8H3,(H,38,39)/t23-,24-,27?,28+,31?,34-,35-,36+/m1/s1. The van der Waals surface area contributed by atoms with Crippen LogP contribution in [0.3, 0.4) is 0 Å². The van der Waals surface area contributed by atoms with Crippen molar-refractivity contribution in [3.8, 4) is 0 Å². The van der Waals surface area contributed by atoms with Gasteiger partial charge in [0.05, 0.1) is 18.4 Å². The van der Waals surface area contributed by atoms with Crippen molar-refractivity contribution in [1.29, 1.82) is 0 Å². The van der Waals surface area contributed by atoms with Crippen molar-refractivity contribution in [3.63, 3.8) is 0 Å². The van der Waals surface area contributed by atoms with Crippen LogP contribution in [0.1, 0.15) is 132 Å². The molecule has 5 nitrogen and oxygen atoms in total. The molecule has 4 rings (SSSR count). The Balaban J connectivity index is 1.46. The van der Waals surface area contributed by atoms with Gasteiger partial charge in [0.25, 0.3) is 0 Å². The Morgan fingerprint density at radius 3 is 2.32 bits per heavy atom. The van der Waals surface area contributed by atoms with Crippen molar-refractivity contribution < 1.29 is 28.9 Å². The number of carbonyl (C=O) groups is 2. The number of aliphatic carboxylic acids is 1. The molecule has 2 fully saturated rings. The number of carboxylic acid groups (broad SMARTS) is 1. The first-order valence-corrected chi connectivity index (χ1v) is 19.6. The predicted octanol–water partition coefficient (Wildman–Crippen LogP) is 9.42. The van der Waals surface area contributed by atoms with Crippen LogP contribution in [0.4, 0.5) is 4.39 Å². The van der Waals surface area contributed by atoms with E-state index in [-0.39, 0.29) is 41.0 Å². The highest BCUT2D eigenvalue weighted by Crippen LogP contribution is 2.72. The summed E-state index contributed by atoms with van der Waals surface area (Å²) in [7, 11) is 2.92. The fourth-order valence-corrected chi connectivity index (χ4v) is 12.5. The van der Waals surface area contributed by atoms with Crippen LogP contribution in [-0.4, -0.2) is 51.5 Å². The van der Waals surface area contributed by atoms with Crippen LogP contribution >= 0.6 is 21.6 Å². The number of rotatable bonds is 13. The first kappa shape index (κ1) is 36.1. The summed E-state index contributed by atoms with van der Waals surface area (Å²) in [5, 5.41) is 19.0. The second-order valence-electron chi connectivity index (χ2n) is 16.5. The molecule has 0 radical (unpaired) electrons. The average molecular weight is 655 g/mol. The van der Waals surface area contributed by atoms with Crippen LogP contribution in [0, 0.1) is 39.4 Å². The number of hydrogen-bond acceptors (Lipinski definition) is 6. The highest BCUT2D eigenvalue weighted by atomic mass is 33.1. The number of carboxylic acids is 1. The van der Waals surface area contributed by atoms with E-state index in [2.05, 4.69) is 41.5 Å². The molecule has 252 valence electrons. The maximum Gasteiger partial charge on any atom is 0.307 e. The summed E-state index contributed by atoms with van der Waals surface area (Å²) in [6.45, 7) is 17.9. The van der Waals surface area contributed by atoms with Gasteiger partial charge in [-0.25, -0.2) is 4.39 Å². The molecule has 0 bridgehead atoms. The van der Waals surface area contributed by atoms with Crippen molar-refractivity contribution in [3.05, 3.63) is 11.1 Å². The third-order valence-electron chi connectivity index (χ3n) is 12.9. The maximum atomic E-state index is 16.3. The fourth-order valence-electron chi connectivity index (χ4n) is 10.6. The molecule has 0 aromatic heterocycles. The topological polar surface area (TPSA) is 83.8 Å². The van der Waals surface area contributed by atoms with Gasteiger partial charge in [-0.3, -0.25) is 9.59 Å². The van der Waals surface area contributed by atoms with E-state index >= 15 is 4.39 Å². The van der Waals surface area contributed by atoms with Crippen molar-refractivity contribution >= 4 is 33.5 Å². The summed E-state index contributed by atoms with van der Waals surface area (Å²) < 4.78 is 22.2. The van der Waals surface area contributed by atoms with Gasteiger partial charge in [-0.15, -0.1) is 0 Å². The van der Waals surface area contributed by atoms with Crippen molar-refractivity contribution in [2.45, 2.75) is 150 Å². The average Bonchev–Trinajstić information content (AvgIpc) is 3.18. The zero-order valence-corrected chi connectivity index (χ0v) is 30.2. The summed E-state index contributed by atoms with van der Waals surface area (Å²) >= 11 is 0. The van der Waals surface area contributed by atoms with Crippen LogP contribution in [0.25, 0.3) is 0 Å². The lowest BCUT2D eigenvalue weighted by Gasteiger charge is -2.62. The zero-order chi connectivity index (χ0) is 32.7. The van der Waals surface area contributed by atoms with Crippen molar-refractivity contribution in [2.24, 2.45) is 39.4 Å². The molecule has 0 spiro atoms. The maximum absolute atomic E-state index is 16.3. The molecule has 2 unspecified atom stereocenters. The minimum absolute atomic E-state index is 0.0996. The molecule has 0 aromatic rings. The molecule has 44 heavy (non-hydrogen) atoms. The van der Waals surface area contributed by atoms with Crippen LogP contribution in [0.5, 0.6) is 0 Å². The minimum Gasteiger partial charge on any atom is -0.481 e. The molecule has 0 aromatic carbocycles. The largest absolute Gasteiger partial charge is 0.481 e. The minimum atomic E-state index is -1.20. The first-order chi connectivity index (χ1) is 20.4. The van der Waals surface area contributed by atoms with Crippen LogP contribution in [0.2, 0.25) is 0 Å². The number of alkyl halides is 1. The lowest BCUT2D eigenvalue weighted by atomic mass is 9.43. The van der Waals surface area contributed by atoms with E-state index in [1.165, 1.54) is 40.0 Å². The Kier molecular flexibility index (Phi) is 11.0. The third kappa shape index (κ3) is 6.93. The SMILES string of the molecule is C[C@H](CCCC(C)(C)O)[C@H]1CC[C@@]2(C)C3=C(CC[C@]12C)[C@@]1(C)CC(F)C(OC(=O)CCSSCCC(=O)O)C(C)(C)[C@@H]1CC3. The van der Waals surface area contributed by atoms with Gasteiger partial charge in [0.1, 0.15) is 12.3 Å². The van der Waals surface area contributed by atoms with Crippen molar-refractivity contribution in [2.75, 3.05) is 11.5 Å². The summed E-state index contributed by atoms with van der Waals surface area (Å²) in [6, 6.07) is 0. The fraction of sp³-hybridized carbons (Fsp3) is 0.889. The predicted molar refractivity (Wildman–Crippen MR) is 180 cm³/mol. The van der Waals surface area contributed by atoms with Gasteiger partial charge in [0.2, 0.25) is 0 Å². The quantitative estimate of drug-likeness (QED) is 0.0886. The lowest BCUT2D eigenvalue weighted by Crippen LogP contribution is -2.59. The molecule has 4 aliphatic rings. The van der Waals surface area contributed by atoms with E-state index < -0.39 is 29.3 Å². The zero-order valence-electron chi connectivity index (χ0n) is 28.6. The number of allylic oxidation sites excluding steroid dienone is 2. The Morgan fingerprint density at radius 2 is 1.68 bits per heavy atom. The van der Waals surface area contributed by atoms with Crippen LogP contribution in [-0.2, 0) is 14.3 Å². The number of hydrogen-bond donors (Lipinski definition) is 2. The summed E-state index contributed by atoms with van der Waals surface area (Å²) in [5.74, 6) is 1.40. The summed E-state index contributed by atoms with van der Waals surface area (Å²) in [6.07, 6.45) is 8.57. The second-order valence-corrected chi connectivity index (χ2v) is 19.2. The normalized spacial score (nSPS) is 37.1. The van der Waals surface area contributed by atoms with Gasteiger partial charge in [-0.2, -0.15) is 0 Å². The van der Waals surface area contributed by atoms with Gasteiger partial charge < -0.3 is 14.9 Å². The van der Waals surface area contributed by atoms with Gasteiger partial charge in [-0.1, -0.05) is 87.1 Å². The van der Waals surface area contributed by atoms with Gasteiger partial charge in [0.15, 0.2) is 0 Å². The van der Waals surface area contributed by atoms with E-state index in [9.17, 15) is 14.7 Å². The number of fused-ring (bicyclic) bond motifs is 4. The van der Waals surface area contributed by atoms with Crippen LogP contribution in [0.15, 0.2) is 11.1 Å². The summed E-state index contributed by atoms with van der Waals surface area (Å²) in [4.78, 5) is 23.5. The number of ether oxygens (including phenoxy) is 1. The second kappa shape index (κ2) is 13.4. The van der Waals surface area contributed by atoms with Gasteiger partial charge in [-0.05, 0) is 99.2 Å². The molecule has 0 saturated heterocycles. The number of aliphatic hydroxyl groups is 1. The Bertz CT molecular complexity index is 1100. The Labute approximate surface area is 274 Å². The number of halogens is 1. The monoisotopic (exact) mass is 654 g/mol. The Hall–Kier alpha value is -0.730. The molecule has 4 aliphatic carbocycles. The Morgan fingerprint density at radius 1 is 1.02 bits per heavy atom. The number of esters is 1. The van der Waals surface area contributed by atoms with Crippen molar-refractivity contribution in [1.82, 2.24) is 0 Å². The highest BCUT2D eigenvalue weighted by Gasteiger charge is 2.65. The van der Waals surface area contributed by atoms with Gasteiger partial charge in [0, 0.05) is 16.9 Å². The lowest BCUT2D eigenvalue weighted by molar-refractivity contribution is -0.183. The summed E-state index contributed by atoms with van der Waals surface area (Å²) in [5.41, 5.74) is 2.24. The van der Waals surface area contributed by atoms with E-state index in [4.69, 9.17) is 9.84 Å². The molecule has 8 atom stereocenters.